The van der Waals surface area contributed by atoms with Crippen molar-refractivity contribution in [3.05, 3.63) is 22.7 Å². The highest BCUT2D eigenvalue weighted by Gasteiger charge is 2.41. The quantitative estimate of drug-likeness (QED) is 0.869. The lowest BCUT2D eigenvalue weighted by molar-refractivity contribution is -0.145. The van der Waals surface area contributed by atoms with Crippen LogP contribution in [0.5, 0.6) is 5.75 Å². The van der Waals surface area contributed by atoms with E-state index in [1.807, 2.05) is 13.0 Å². The van der Waals surface area contributed by atoms with Crippen LogP contribution in [0.15, 0.2) is 22.7 Å². The van der Waals surface area contributed by atoms with Crippen molar-refractivity contribution in [1.82, 2.24) is 0 Å². The predicted octanol–water partition coefficient (Wildman–Crippen LogP) is 3.14. The molecule has 1 fully saturated rings. The number of benzene rings is 1. The third kappa shape index (κ3) is 3.56. The zero-order valence-electron chi connectivity index (χ0n) is 11.9. The number of rotatable bonds is 4. The van der Waals surface area contributed by atoms with Crippen molar-refractivity contribution in [2.24, 2.45) is 17.8 Å². The number of carbonyl (C=O) groups excluding carboxylic acids is 1. The van der Waals surface area contributed by atoms with Crippen LogP contribution in [0.1, 0.15) is 19.8 Å². The third-order valence-electron chi connectivity index (χ3n) is 3.87. The lowest BCUT2D eigenvalue weighted by Crippen LogP contribution is -2.30. The summed E-state index contributed by atoms with van der Waals surface area (Å²) in [6.45, 7) is 1.98. The molecule has 1 saturated carbocycles. The fraction of sp³-hybridized carbons (Fsp3) is 0.467. The van der Waals surface area contributed by atoms with E-state index in [-0.39, 0.29) is 11.8 Å². The summed E-state index contributed by atoms with van der Waals surface area (Å²) in [6.07, 6.45) is 1.14. The monoisotopic (exact) mass is 355 g/mol. The standard InChI is InChI=1S/C15H18BrNO4/c1-8-5-10(11(6-8)15(19)20)14(18)17-12-7-9(16)3-4-13(12)21-2/h3-4,7-8,10-11H,5-6H2,1-2H3,(H,17,18)(H,19,20)/t8?,10-,11+/m0/s1. The van der Waals surface area contributed by atoms with Gasteiger partial charge in [0.2, 0.25) is 5.91 Å². The summed E-state index contributed by atoms with van der Waals surface area (Å²) in [5.41, 5.74) is 0.542. The SMILES string of the molecule is COc1ccc(Br)cc1NC(=O)[C@H]1CC(C)C[C@H]1C(=O)O. The molecule has 2 N–H and O–H groups in total. The van der Waals surface area contributed by atoms with E-state index in [0.717, 1.165) is 4.47 Å². The van der Waals surface area contributed by atoms with Gasteiger partial charge >= 0.3 is 5.97 Å². The molecule has 1 aliphatic carbocycles. The number of amides is 1. The van der Waals surface area contributed by atoms with Crippen LogP contribution in [0, 0.1) is 17.8 Å². The first kappa shape index (κ1) is 15.8. The molecule has 1 aromatic rings. The van der Waals surface area contributed by atoms with Gasteiger partial charge in [0, 0.05) is 4.47 Å². The normalized spacial score (nSPS) is 24.6. The number of carboxylic acid groups (broad SMARTS) is 1. The third-order valence-corrected chi connectivity index (χ3v) is 4.36. The molecule has 0 bridgehead atoms. The molecule has 1 aliphatic rings. The molecule has 0 aromatic heterocycles. The zero-order valence-corrected chi connectivity index (χ0v) is 13.5. The molecule has 0 heterocycles. The Morgan fingerprint density at radius 3 is 2.62 bits per heavy atom. The van der Waals surface area contributed by atoms with E-state index in [0.29, 0.717) is 24.3 Å². The lowest BCUT2D eigenvalue weighted by atomic mass is 9.95. The molecule has 21 heavy (non-hydrogen) atoms. The second-order valence-electron chi connectivity index (χ2n) is 5.46. The van der Waals surface area contributed by atoms with Crippen molar-refractivity contribution in [1.29, 1.82) is 0 Å². The fourth-order valence-corrected chi connectivity index (χ4v) is 3.22. The van der Waals surface area contributed by atoms with Crippen LogP contribution in [0.4, 0.5) is 5.69 Å². The number of nitrogens with one attached hydrogen (secondary N) is 1. The molecular weight excluding hydrogens is 338 g/mol. The van der Waals surface area contributed by atoms with Gasteiger partial charge in [-0.3, -0.25) is 9.59 Å². The molecule has 0 saturated heterocycles. The molecule has 114 valence electrons. The van der Waals surface area contributed by atoms with Crippen LogP contribution in [-0.4, -0.2) is 24.1 Å². The molecule has 1 aromatic carbocycles. The van der Waals surface area contributed by atoms with Crippen LogP contribution < -0.4 is 10.1 Å². The van der Waals surface area contributed by atoms with Crippen molar-refractivity contribution in [3.63, 3.8) is 0 Å². The first-order valence-corrected chi connectivity index (χ1v) is 7.59. The molecule has 1 amide bonds. The second kappa shape index (κ2) is 6.47. The second-order valence-corrected chi connectivity index (χ2v) is 6.38. The van der Waals surface area contributed by atoms with E-state index in [1.165, 1.54) is 7.11 Å². The number of anilines is 1. The van der Waals surface area contributed by atoms with Crippen LogP contribution in [0.3, 0.4) is 0 Å². The molecule has 0 aliphatic heterocycles. The van der Waals surface area contributed by atoms with Gasteiger partial charge in [0.1, 0.15) is 5.75 Å². The van der Waals surface area contributed by atoms with Gasteiger partial charge in [0.15, 0.2) is 0 Å². The smallest absolute Gasteiger partial charge is 0.307 e. The summed E-state index contributed by atoms with van der Waals surface area (Å²) < 4.78 is 6.02. The van der Waals surface area contributed by atoms with Gasteiger partial charge < -0.3 is 15.2 Å². The number of hydrogen-bond acceptors (Lipinski definition) is 3. The molecule has 5 nitrogen and oxygen atoms in total. The number of methoxy groups -OCH3 is 1. The summed E-state index contributed by atoms with van der Waals surface area (Å²) in [5, 5.41) is 12.0. The Hall–Kier alpha value is -1.56. The van der Waals surface area contributed by atoms with Crippen molar-refractivity contribution in [2.75, 3.05) is 12.4 Å². The van der Waals surface area contributed by atoms with Gasteiger partial charge in [0.25, 0.3) is 0 Å². The Labute approximate surface area is 131 Å². The van der Waals surface area contributed by atoms with Gasteiger partial charge in [-0.05, 0) is 37.0 Å². The molecule has 0 spiro atoms. The average molecular weight is 356 g/mol. The van der Waals surface area contributed by atoms with E-state index >= 15 is 0 Å². The summed E-state index contributed by atoms with van der Waals surface area (Å²) in [5.74, 6) is -1.49. The van der Waals surface area contributed by atoms with Crippen molar-refractivity contribution in [3.8, 4) is 5.75 Å². The van der Waals surface area contributed by atoms with E-state index in [9.17, 15) is 14.7 Å². The van der Waals surface area contributed by atoms with E-state index in [1.54, 1.807) is 12.1 Å². The van der Waals surface area contributed by atoms with E-state index < -0.39 is 17.8 Å². The first-order valence-electron chi connectivity index (χ1n) is 6.79. The largest absolute Gasteiger partial charge is 0.495 e. The maximum atomic E-state index is 12.4. The molecule has 0 radical (unpaired) electrons. The topological polar surface area (TPSA) is 75.6 Å². The lowest BCUT2D eigenvalue weighted by Gasteiger charge is -2.17. The minimum absolute atomic E-state index is 0.242. The number of ether oxygens (including phenoxy) is 1. The highest BCUT2D eigenvalue weighted by Crippen LogP contribution is 2.38. The fourth-order valence-electron chi connectivity index (χ4n) is 2.86. The Balaban J connectivity index is 2.18. The van der Waals surface area contributed by atoms with Gasteiger partial charge in [-0.2, -0.15) is 0 Å². The van der Waals surface area contributed by atoms with Crippen molar-refractivity contribution in [2.45, 2.75) is 19.8 Å². The Morgan fingerprint density at radius 1 is 1.33 bits per heavy atom. The van der Waals surface area contributed by atoms with Crippen LogP contribution in [-0.2, 0) is 9.59 Å². The highest BCUT2D eigenvalue weighted by molar-refractivity contribution is 9.10. The van der Waals surface area contributed by atoms with E-state index in [4.69, 9.17) is 4.74 Å². The molecule has 2 rings (SSSR count). The molecule has 1 unspecified atom stereocenters. The van der Waals surface area contributed by atoms with E-state index in [2.05, 4.69) is 21.2 Å². The highest BCUT2D eigenvalue weighted by atomic mass is 79.9. The summed E-state index contributed by atoms with van der Waals surface area (Å²) >= 11 is 3.34. The Morgan fingerprint density at radius 2 is 2.00 bits per heavy atom. The predicted molar refractivity (Wildman–Crippen MR) is 82.3 cm³/mol. The Kier molecular flexibility index (Phi) is 4.88. The molecule has 3 atom stereocenters. The molecule has 6 heteroatoms. The maximum Gasteiger partial charge on any atom is 0.307 e. The van der Waals surface area contributed by atoms with Gasteiger partial charge in [-0.1, -0.05) is 22.9 Å². The zero-order chi connectivity index (χ0) is 15.6. The van der Waals surface area contributed by atoms with Crippen LogP contribution in [0.2, 0.25) is 0 Å². The average Bonchev–Trinajstić information content (AvgIpc) is 2.81. The number of hydrogen-bond donors (Lipinski definition) is 2. The molecular formula is C15H18BrNO4. The van der Waals surface area contributed by atoms with Gasteiger partial charge in [0.05, 0.1) is 24.6 Å². The van der Waals surface area contributed by atoms with Crippen LogP contribution in [0.25, 0.3) is 0 Å². The number of halogens is 1. The Bertz CT molecular complexity index is 561. The maximum absolute atomic E-state index is 12.4. The first-order chi connectivity index (χ1) is 9.92. The van der Waals surface area contributed by atoms with Crippen molar-refractivity contribution >= 4 is 33.5 Å². The van der Waals surface area contributed by atoms with Crippen LogP contribution >= 0.6 is 15.9 Å². The van der Waals surface area contributed by atoms with Gasteiger partial charge in [-0.25, -0.2) is 0 Å². The minimum Gasteiger partial charge on any atom is -0.495 e. The number of carboxylic acids is 1. The number of aliphatic carboxylic acids is 1. The number of carbonyl (C=O) groups is 2. The van der Waals surface area contributed by atoms with Gasteiger partial charge in [-0.15, -0.1) is 0 Å². The van der Waals surface area contributed by atoms with Crippen molar-refractivity contribution < 1.29 is 19.4 Å². The summed E-state index contributed by atoms with van der Waals surface area (Å²) in [4.78, 5) is 23.7. The minimum atomic E-state index is -0.902. The summed E-state index contributed by atoms with van der Waals surface area (Å²) in [6, 6.07) is 5.29. The summed E-state index contributed by atoms with van der Waals surface area (Å²) in [7, 11) is 1.52.